The van der Waals surface area contributed by atoms with E-state index in [-0.39, 0.29) is 12.2 Å². The van der Waals surface area contributed by atoms with Crippen LogP contribution < -0.4 is 5.32 Å². The lowest BCUT2D eigenvalue weighted by atomic mass is 9.92. The predicted molar refractivity (Wildman–Crippen MR) is 66.5 cm³/mol. The van der Waals surface area contributed by atoms with Crippen LogP contribution in [0.2, 0.25) is 0 Å². The third-order valence-corrected chi connectivity index (χ3v) is 3.23. The van der Waals surface area contributed by atoms with E-state index in [0.29, 0.717) is 24.6 Å². The van der Waals surface area contributed by atoms with Crippen molar-refractivity contribution in [1.82, 2.24) is 5.32 Å². The Morgan fingerprint density at radius 2 is 2.12 bits per heavy atom. The van der Waals surface area contributed by atoms with Gasteiger partial charge in [0.05, 0.1) is 18.8 Å². The topological polar surface area (TPSA) is 41.5 Å². The van der Waals surface area contributed by atoms with Crippen LogP contribution in [0.4, 0.5) is 0 Å². The highest BCUT2D eigenvalue weighted by molar-refractivity contribution is 4.86. The van der Waals surface area contributed by atoms with Crippen LogP contribution in [0.15, 0.2) is 0 Å². The summed E-state index contributed by atoms with van der Waals surface area (Å²) < 4.78 is 5.37. The van der Waals surface area contributed by atoms with Gasteiger partial charge in [0.25, 0.3) is 0 Å². The van der Waals surface area contributed by atoms with Crippen LogP contribution in [0.25, 0.3) is 0 Å². The maximum atomic E-state index is 9.70. The van der Waals surface area contributed by atoms with Crippen molar-refractivity contribution in [2.75, 3.05) is 13.2 Å². The van der Waals surface area contributed by atoms with Crippen molar-refractivity contribution in [3.8, 4) is 0 Å². The minimum Gasteiger partial charge on any atom is -0.389 e. The molecule has 1 rings (SSSR count). The molecule has 0 spiro atoms. The Labute approximate surface area is 99.6 Å². The number of hydrogen-bond acceptors (Lipinski definition) is 3. The molecule has 1 aliphatic carbocycles. The van der Waals surface area contributed by atoms with Crippen LogP contribution >= 0.6 is 0 Å². The monoisotopic (exact) mass is 229 g/mol. The lowest BCUT2D eigenvalue weighted by Gasteiger charge is -2.20. The summed E-state index contributed by atoms with van der Waals surface area (Å²) in [5.74, 6) is 0. The molecular formula is C13H27NO2. The molecule has 0 radical (unpaired) electrons. The number of hydrogen-bond donors (Lipinski definition) is 2. The molecule has 0 amide bonds. The Morgan fingerprint density at radius 1 is 1.44 bits per heavy atom. The summed E-state index contributed by atoms with van der Waals surface area (Å²) in [7, 11) is 0. The van der Waals surface area contributed by atoms with Gasteiger partial charge in [-0.3, -0.25) is 0 Å². The van der Waals surface area contributed by atoms with E-state index in [1.807, 2.05) is 13.8 Å². The number of rotatable bonds is 6. The van der Waals surface area contributed by atoms with Crippen molar-refractivity contribution in [2.24, 2.45) is 5.41 Å². The van der Waals surface area contributed by atoms with E-state index in [0.717, 1.165) is 0 Å². The van der Waals surface area contributed by atoms with Crippen LogP contribution in [0, 0.1) is 5.41 Å². The molecule has 0 aliphatic heterocycles. The quantitative estimate of drug-likeness (QED) is 0.731. The Kier molecular flexibility index (Phi) is 5.22. The molecule has 1 fully saturated rings. The molecule has 0 aromatic carbocycles. The van der Waals surface area contributed by atoms with Crippen molar-refractivity contribution in [3.05, 3.63) is 0 Å². The molecule has 16 heavy (non-hydrogen) atoms. The molecule has 3 nitrogen and oxygen atoms in total. The summed E-state index contributed by atoms with van der Waals surface area (Å²) >= 11 is 0. The fourth-order valence-corrected chi connectivity index (χ4v) is 2.28. The van der Waals surface area contributed by atoms with Crippen LogP contribution in [0.3, 0.4) is 0 Å². The maximum Gasteiger partial charge on any atom is 0.0897 e. The highest BCUT2D eigenvalue weighted by Crippen LogP contribution is 2.36. The van der Waals surface area contributed by atoms with E-state index in [2.05, 4.69) is 19.2 Å². The summed E-state index contributed by atoms with van der Waals surface area (Å²) in [6.07, 6.45) is 3.53. The second-order valence-corrected chi connectivity index (χ2v) is 6.05. The smallest absolute Gasteiger partial charge is 0.0897 e. The standard InChI is InChI=1S/C13H27NO2/c1-10(2)16-9-12(15)8-14-11-5-6-13(3,4)7-11/h10-12,14-15H,5-9H2,1-4H3. The van der Waals surface area contributed by atoms with E-state index in [9.17, 15) is 5.11 Å². The van der Waals surface area contributed by atoms with Gasteiger partial charge in [0.15, 0.2) is 0 Å². The number of aliphatic hydroxyl groups excluding tert-OH is 1. The fraction of sp³-hybridized carbons (Fsp3) is 1.00. The Balaban J connectivity index is 2.11. The molecule has 0 heterocycles. The van der Waals surface area contributed by atoms with E-state index >= 15 is 0 Å². The first-order valence-corrected chi connectivity index (χ1v) is 6.42. The van der Waals surface area contributed by atoms with Crippen LogP contribution in [-0.4, -0.2) is 36.5 Å². The normalized spacial score (nSPS) is 26.2. The largest absolute Gasteiger partial charge is 0.389 e. The highest BCUT2D eigenvalue weighted by atomic mass is 16.5. The SMILES string of the molecule is CC(C)OCC(O)CNC1CCC(C)(C)C1. The van der Waals surface area contributed by atoms with Crippen LogP contribution in [0.5, 0.6) is 0 Å². The maximum absolute atomic E-state index is 9.70. The Hall–Kier alpha value is -0.120. The Bertz CT molecular complexity index is 204. The van der Waals surface area contributed by atoms with E-state index in [1.54, 1.807) is 0 Å². The first kappa shape index (κ1) is 13.9. The van der Waals surface area contributed by atoms with Gasteiger partial charge in [-0.1, -0.05) is 13.8 Å². The molecule has 0 saturated heterocycles. The summed E-state index contributed by atoms with van der Waals surface area (Å²) in [5.41, 5.74) is 0.469. The third kappa shape index (κ3) is 5.28. The van der Waals surface area contributed by atoms with Crippen molar-refractivity contribution >= 4 is 0 Å². The molecular weight excluding hydrogens is 202 g/mol. The van der Waals surface area contributed by atoms with Crippen molar-refractivity contribution in [3.63, 3.8) is 0 Å². The number of aliphatic hydroxyl groups is 1. The van der Waals surface area contributed by atoms with Gasteiger partial charge >= 0.3 is 0 Å². The van der Waals surface area contributed by atoms with E-state index in [4.69, 9.17) is 4.74 Å². The van der Waals surface area contributed by atoms with Crippen molar-refractivity contribution < 1.29 is 9.84 Å². The lowest BCUT2D eigenvalue weighted by molar-refractivity contribution is 0.00543. The van der Waals surface area contributed by atoms with Crippen molar-refractivity contribution in [2.45, 2.75) is 65.2 Å². The van der Waals surface area contributed by atoms with E-state index in [1.165, 1.54) is 19.3 Å². The second kappa shape index (κ2) is 5.99. The highest BCUT2D eigenvalue weighted by Gasteiger charge is 2.30. The first-order valence-electron chi connectivity index (χ1n) is 6.42. The van der Waals surface area contributed by atoms with Gasteiger partial charge < -0.3 is 15.2 Å². The van der Waals surface area contributed by atoms with Crippen LogP contribution in [0.1, 0.15) is 47.0 Å². The number of nitrogens with one attached hydrogen (secondary N) is 1. The molecule has 1 aliphatic rings. The zero-order chi connectivity index (χ0) is 12.2. The zero-order valence-corrected chi connectivity index (χ0v) is 11.1. The van der Waals surface area contributed by atoms with Gasteiger partial charge in [-0.2, -0.15) is 0 Å². The van der Waals surface area contributed by atoms with Gasteiger partial charge in [0, 0.05) is 12.6 Å². The molecule has 2 unspecified atom stereocenters. The van der Waals surface area contributed by atoms with Gasteiger partial charge in [-0.25, -0.2) is 0 Å². The summed E-state index contributed by atoms with van der Waals surface area (Å²) in [6.45, 7) is 9.67. The molecule has 0 bridgehead atoms. The average Bonchev–Trinajstić information content (AvgIpc) is 2.52. The molecule has 0 aromatic rings. The van der Waals surface area contributed by atoms with Gasteiger partial charge in [0.1, 0.15) is 0 Å². The predicted octanol–water partition coefficient (Wildman–Crippen LogP) is 1.94. The molecule has 2 N–H and O–H groups in total. The van der Waals surface area contributed by atoms with Gasteiger partial charge in [-0.05, 0) is 38.5 Å². The summed E-state index contributed by atoms with van der Waals surface area (Å²) in [4.78, 5) is 0. The molecule has 96 valence electrons. The molecule has 1 saturated carbocycles. The van der Waals surface area contributed by atoms with Crippen LogP contribution in [-0.2, 0) is 4.74 Å². The van der Waals surface area contributed by atoms with Crippen molar-refractivity contribution in [1.29, 1.82) is 0 Å². The average molecular weight is 229 g/mol. The zero-order valence-electron chi connectivity index (χ0n) is 11.1. The molecule has 3 heteroatoms. The minimum atomic E-state index is -0.383. The fourth-order valence-electron chi connectivity index (χ4n) is 2.28. The van der Waals surface area contributed by atoms with E-state index < -0.39 is 0 Å². The molecule has 2 atom stereocenters. The van der Waals surface area contributed by atoms with Gasteiger partial charge in [0.2, 0.25) is 0 Å². The second-order valence-electron chi connectivity index (χ2n) is 6.05. The molecule has 0 aromatic heterocycles. The summed E-state index contributed by atoms with van der Waals surface area (Å²) in [5, 5.41) is 13.1. The first-order chi connectivity index (χ1) is 7.39. The lowest BCUT2D eigenvalue weighted by Crippen LogP contribution is -2.37. The summed E-state index contributed by atoms with van der Waals surface area (Å²) in [6, 6.07) is 0.573. The Morgan fingerprint density at radius 3 is 2.62 bits per heavy atom. The minimum absolute atomic E-state index is 0.195. The third-order valence-electron chi connectivity index (χ3n) is 3.23. The number of ether oxygens (including phenoxy) is 1. The van der Waals surface area contributed by atoms with Gasteiger partial charge in [-0.15, -0.1) is 0 Å².